The Balaban J connectivity index is 2.11. The second-order valence-corrected chi connectivity index (χ2v) is 5.12. The Morgan fingerprint density at radius 2 is 1.71 bits per heavy atom. The third-order valence-electron chi connectivity index (χ3n) is 3.56. The van der Waals surface area contributed by atoms with Crippen molar-refractivity contribution in [1.82, 2.24) is 0 Å². The third-order valence-corrected chi connectivity index (χ3v) is 3.56. The smallest absolute Gasteiger partial charge is 0.124 e. The van der Waals surface area contributed by atoms with E-state index < -0.39 is 0 Å². The predicted octanol–water partition coefficient (Wildman–Crippen LogP) is 3.26. The zero-order chi connectivity index (χ0) is 15.1. The molecule has 0 aromatic heterocycles. The third kappa shape index (κ3) is 4.31. The highest BCUT2D eigenvalue weighted by Crippen LogP contribution is 2.26. The van der Waals surface area contributed by atoms with E-state index in [1.165, 1.54) is 11.1 Å². The molecule has 21 heavy (non-hydrogen) atoms. The monoisotopic (exact) mass is 285 g/mol. The number of hydrogen-bond donors (Lipinski definition) is 1. The minimum Gasteiger partial charge on any atom is -0.491 e. The quantitative estimate of drug-likeness (QED) is 0.794. The van der Waals surface area contributed by atoms with E-state index >= 15 is 0 Å². The van der Waals surface area contributed by atoms with Gasteiger partial charge in [-0.3, -0.25) is 0 Å². The molecule has 0 heterocycles. The van der Waals surface area contributed by atoms with Crippen molar-refractivity contribution in [2.45, 2.75) is 19.4 Å². The summed E-state index contributed by atoms with van der Waals surface area (Å²) in [6, 6.07) is 16.2. The zero-order valence-corrected chi connectivity index (χ0v) is 12.7. The van der Waals surface area contributed by atoms with E-state index in [2.05, 4.69) is 25.1 Å². The van der Waals surface area contributed by atoms with Gasteiger partial charge in [0, 0.05) is 18.7 Å². The Labute approximate surface area is 126 Å². The summed E-state index contributed by atoms with van der Waals surface area (Å²) < 4.78 is 10.8. The average Bonchev–Trinajstić information content (AvgIpc) is 2.50. The molecule has 0 aliphatic heterocycles. The van der Waals surface area contributed by atoms with Crippen LogP contribution >= 0.6 is 0 Å². The van der Waals surface area contributed by atoms with Crippen LogP contribution in [0.4, 0.5) is 0 Å². The van der Waals surface area contributed by atoms with Gasteiger partial charge in [0.25, 0.3) is 0 Å². The van der Waals surface area contributed by atoms with Crippen LogP contribution in [-0.4, -0.2) is 20.3 Å². The van der Waals surface area contributed by atoms with Crippen LogP contribution in [0.25, 0.3) is 0 Å². The minimum atomic E-state index is -0.0788. The van der Waals surface area contributed by atoms with Gasteiger partial charge in [0.2, 0.25) is 0 Å². The molecule has 2 N–H and O–H groups in total. The summed E-state index contributed by atoms with van der Waals surface area (Å²) in [4.78, 5) is 0. The van der Waals surface area contributed by atoms with E-state index in [0.29, 0.717) is 13.2 Å². The normalized spacial score (nSPS) is 12.1. The molecule has 0 spiro atoms. The van der Waals surface area contributed by atoms with Crippen molar-refractivity contribution < 1.29 is 9.47 Å². The van der Waals surface area contributed by atoms with Crippen LogP contribution in [0.15, 0.2) is 48.5 Å². The Hall–Kier alpha value is -1.84. The number of ether oxygens (including phenoxy) is 2. The van der Waals surface area contributed by atoms with Gasteiger partial charge in [-0.1, -0.05) is 42.5 Å². The molecule has 0 aliphatic rings. The molecule has 3 heteroatoms. The average molecular weight is 285 g/mol. The summed E-state index contributed by atoms with van der Waals surface area (Å²) in [6.45, 7) is 3.22. The molecule has 0 fully saturated rings. The van der Waals surface area contributed by atoms with Gasteiger partial charge < -0.3 is 15.2 Å². The molecule has 0 saturated heterocycles. The molecule has 1 atom stereocenters. The number of nitrogens with two attached hydrogens (primary N) is 1. The summed E-state index contributed by atoms with van der Waals surface area (Å²) in [5, 5.41) is 0. The number of rotatable bonds is 7. The number of benzene rings is 2. The van der Waals surface area contributed by atoms with Gasteiger partial charge in [0.15, 0.2) is 0 Å². The fraction of sp³-hybridized carbons (Fsp3) is 0.333. The van der Waals surface area contributed by atoms with Crippen molar-refractivity contribution in [2.75, 3.05) is 20.3 Å². The molecule has 0 bridgehead atoms. The maximum absolute atomic E-state index is 6.39. The molecule has 0 saturated carbocycles. The van der Waals surface area contributed by atoms with Crippen LogP contribution in [0.5, 0.6) is 5.75 Å². The van der Waals surface area contributed by atoms with Crippen LogP contribution in [0.2, 0.25) is 0 Å². The molecule has 0 amide bonds. The number of para-hydroxylation sites is 1. The van der Waals surface area contributed by atoms with Crippen molar-refractivity contribution in [1.29, 1.82) is 0 Å². The number of methoxy groups -OCH3 is 1. The SMILES string of the molecule is COCCOc1ccccc1C(N)Cc1ccccc1C. The molecule has 2 rings (SSSR count). The maximum atomic E-state index is 6.39. The Morgan fingerprint density at radius 3 is 2.48 bits per heavy atom. The largest absolute Gasteiger partial charge is 0.491 e. The highest BCUT2D eigenvalue weighted by Gasteiger charge is 2.13. The summed E-state index contributed by atoms with van der Waals surface area (Å²) in [6.07, 6.45) is 0.803. The second kappa shape index (κ2) is 7.81. The Bertz CT molecular complexity index is 569. The highest BCUT2D eigenvalue weighted by molar-refractivity contribution is 5.37. The first-order chi connectivity index (χ1) is 10.2. The summed E-state index contributed by atoms with van der Waals surface area (Å²) in [7, 11) is 1.67. The molecule has 0 aliphatic carbocycles. The topological polar surface area (TPSA) is 44.5 Å². The van der Waals surface area contributed by atoms with Gasteiger partial charge in [0.1, 0.15) is 12.4 Å². The second-order valence-electron chi connectivity index (χ2n) is 5.12. The molecule has 3 nitrogen and oxygen atoms in total. The van der Waals surface area contributed by atoms with Gasteiger partial charge in [-0.05, 0) is 30.5 Å². The molecule has 112 valence electrons. The minimum absolute atomic E-state index is 0.0788. The Kier molecular flexibility index (Phi) is 5.78. The molecule has 0 radical (unpaired) electrons. The Morgan fingerprint density at radius 1 is 1.00 bits per heavy atom. The summed E-state index contributed by atoms with van der Waals surface area (Å²) in [5.41, 5.74) is 9.97. The van der Waals surface area contributed by atoms with E-state index in [4.69, 9.17) is 15.2 Å². The standard InChI is InChI=1S/C18H23NO2/c1-14-7-3-4-8-15(14)13-17(19)16-9-5-6-10-18(16)21-12-11-20-2/h3-10,17H,11-13,19H2,1-2H3. The van der Waals surface area contributed by atoms with Crippen molar-refractivity contribution in [3.8, 4) is 5.75 Å². The number of aryl methyl sites for hydroxylation is 1. The van der Waals surface area contributed by atoms with Crippen LogP contribution in [0.1, 0.15) is 22.7 Å². The highest BCUT2D eigenvalue weighted by atomic mass is 16.5. The van der Waals surface area contributed by atoms with Crippen molar-refractivity contribution in [2.24, 2.45) is 5.73 Å². The molecular weight excluding hydrogens is 262 g/mol. The fourth-order valence-corrected chi connectivity index (χ4v) is 2.34. The molecule has 2 aromatic rings. The van der Waals surface area contributed by atoms with Gasteiger partial charge in [0.05, 0.1) is 6.61 Å². The van der Waals surface area contributed by atoms with Crippen LogP contribution in [0.3, 0.4) is 0 Å². The van der Waals surface area contributed by atoms with E-state index in [1.807, 2.05) is 30.3 Å². The van der Waals surface area contributed by atoms with E-state index in [9.17, 15) is 0 Å². The first kappa shape index (κ1) is 15.5. The summed E-state index contributed by atoms with van der Waals surface area (Å²) >= 11 is 0. The first-order valence-electron chi connectivity index (χ1n) is 7.23. The van der Waals surface area contributed by atoms with Crippen LogP contribution in [0, 0.1) is 6.92 Å². The van der Waals surface area contributed by atoms with Crippen molar-refractivity contribution in [3.05, 3.63) is 65.2 Å². The predicted molar refractivity (Wildman–Crippen MR) is 85.6 cm³/mol. The van der Waals surface area contributed by atoms with Gasteiger partial charge in [-0.2, -0.15) is 0 Å². The lowest BCUT2D eigenvalue weighted by atomic mass is 9.96. The van der Waals surface area contributed by atoms with E-state index in [-0.39, 0.29) is 6.04 Å². The zero-order valence-electron chi connectivity index (χ0n) is 12.7. The molecule has 1 unspecified atom stereocenters. The van der Waals surface area contributed by atoms with Crippen molar-refractivity contribution >= 4 is 0 Å². The lowest BCUT2D eigenvalue weighted by Gasteiger charge is -2.18. The molecule has 2 aromatic carbocycles. The van der Waals surface area contributed by atoms with Crippen LogP contribution in [-0.2, 0) is 11.2 Å². The lowest BCUT2D eigenvalue weighted by Crippen LogP contribution is -2.16. The first-order valence-corrected chi connectivity index (χ1v) is 7.23. The van der Waals surface area contributed by atoms with Gasteiger partial charge >= 0.3 is 0 Å². The van der Waals surface area contributed by atoms with Crippen molar-refractivity contribution in [3.63, 3.8) is 0 Å². The van der Waals surface area contributed by atoms with Crippen LogP contribution < -0.4 is 10.5 Å². The number of hydrogen-bond acceptors (Lipinski definition) is 3. The van der Waals surface area contributed by atoms with E-state index in [0.717, 1.165) is 17.7 Å². The molecular formula is C18H23NO2. The van der Waals surface area contributed by atoms with Gasteiger partial charge in [-0.15, -0.1) is 0 Å². The lowest BCUT2D eigenvalue weighted by molar-refractivity contribution is 0.145. The van der Waals surface area contributed by atoms with E-state index in [1.54, 1.807) is 7.11 Å². The maximum Gasteiger partial charge on any atom is 0.124 e. The fourth-order valence-electron chi connectivity index (χ4n) is 2.34. The summed E-state index contributed by atoms with van der Waals surface area (Å²) in [5.74, 6) is 0.843. The van der Waals surface area contributed by atoms with Gasteiger partial charge in [-0.25, -0.2) is 0 Å².